The number of carboxylic acid groups (broad SMARTS) is 3. The van der Waals surface area contributed by atoms with Crippen molar-refractivity contribution >= 4 is 34.7 Å². The number of carbonyl (C=O) groups excluding carboxylic acids is 1. The fraction of sp³-hybridized carbons (Fsp3) is 0.310. The van der Waals surface area contributed by atoms with Gasteiger partial charge in [0, 0.05) is 36.8 Å². The van der Waals surface area contributed by atoms with E-state index < -0.39 is 36.4 Å². The third-order valence-corrected chi connectivity index (χ3v) is 5.94. The number of carboxylic acids is 3. The molecule has 2 aromatic heterocycles. The van der Waals surface area contributed by atoms with Crippen LogP contribution in [0, 0.1) is 0 Å². The number of halogens is 9. The standard InChI is InChI=1S/C23H26N6O2.3C2HF3O2/c1-28(2)9-10-29(15-16-5-4-6-19(11-16)31-3)23(30)22-20-8-7-17(12-21(20)26-27-22)18-13-24-25-14-18;3*3-2(4,5)1(6)7/h4-8,11-14H,9-10,15H2,1-3H3,(H,24,25)(H,26,27);3*(H,6,7). The molecule has 0 aliphatic heterocycles. The van der Waals surface area contributed by atoms with E-state index in [4.69, 9.17) is 34.4 Å². The summed E-state index contributed by atoms with van der Waals surface area (Å²) in [5.74, 6) is -7.60. The van der Waals surface area contributed by atoms with Gasteiger partial charge in [0.2, 0.25) is 0 Å². The van der Waals surface area contributed by atoms with E-state index in [1.165, 1.54) is 0 Å². The first-order valence-corrected chi connectivity index (χ1v) is 13.8. The number of amides is 1. The number of rotatable bonds is 8. The Labute approximate surface area is 286 Å². The average Bonchev–Trinajstić information content (AvgIpc) is 3.73. The summed E-state index contributed by atoms with van der Waals surface area (Å²) >= 11 is 0. The molecule has 52 heavy (non-hydrogen) atoms. The van der Waals surface area contributed by atoms with Crippen molar-refractivity contribution in [1.29, 1.82) is 0 Å². The minimum Gasteiger partial charge on any atom is -0.497 e. The number of fused-ring (bicyclic) bond motifs is 1. The average molecular weight is 761 g/mol. The number of H-pyrrole nitrogens is 2. The van der Waals surface area contributed by atoms with Gasteiger partial charge in [-0.25, -0.2) is 14.4 Å². The Morgan fingerprint density at radius 3 is 1.77 bits per heavy atom. The Balaban J connectivity index is 0.000000525. The van der Waals surface area contributed by atoms with Crippen LogP contribution < -0.4 is 4.74 Å². The molecule has 286 valence electrons. The van der Waals surface area contributed by atoms with Crippen molar-refractivity contribution in [2.24, 2.45) is 0 Å². The lowest BCUT2D eigenvalue weighted by atomic mass is 10.1. The summed E-state index contributed by atoms with van der Waals surface area (Å²) in [5, 5.41) is 36.4. The number of aromatic nitrogens is 4. The monoisotopic (exact) mass is 760 g/mol. The zero-order chi connectivity index (χ0) is 40.0. The summed E-state index contributed by atoms with van der Waals surface area (Å²) in [5.41, 5.74) is 4.24. The molecule has 0 spiro atoms. The van der Waals surface area contributed by atoms with Gasteiger partial charge in [0.25, 0.3) is 5.91 Å². The van der Waals surface area contributed by atoms with Crippen molar-refractivity contribution in [2.45, 2.75) is 25.1 Å². The van der Waals surface area contributed by atoms with Gasteiger partial charge < -0.3 is 29.9 Å². The smallest absolute Gasteiger partial charge is 0.490 e. The fourth-order valence-electron chi connectivity index (χ4n) is 3.49. The molecule has 0 aliphatic rings. The molecule has 0 bridgehead atoms. The largest absolute Gasteiger partial charge is 0.497 e. The third kappa shape index (κ3) is 14.9. The topological polar surface area (TPSA) is 202 Å². The van der Waals surface area contributed by atoms with Crippen LogP contribution in [-0.4, -0.2) is 122 Å². The lowest BCUT2D eigenvalue weighted by Crippen LogP contribution is -2.36. The quantitative estimate of drug-likeness (QED) is 0.150. The molecule has 5 N–H and O–H groups in total. The van der Waals surface area contributed by atoms with Crippen molar-refractivity contribution in [2.75, 3.05) is 34.3 Å². The van der Waals surface area contributed by atoms with E-state index in [0.29, 0.717) is 18.8 Å². The van der Waals surface area contributed by atoms with Gasteiger partial charge >= 0.3 is 36.4 Å². The molecule has 0 aliphatic carbocycles. The van der Waals surface area contributed by atoms with Gasteiger partial charge in [-0.05, 0) is 49.5 Å². The molecule has 14 nitrogen and oxygen atoms in total. The lowest BCUT2D eigenvalue weighted by molar-refractivity contribution is -0.193. The summed E-state index contributed by atoms with van der Waals surface area (Å²) in [6.45, 7) is 1.82. The molecule has 4 aromatic rings. The minimum atomic E-state index is -5.08. The van der Waals surface area contributed by atoms with Crippen LogP contribution in [0.2, 0.25) is 0 Å². The van der Waals surface area contributed by atoms with E-state index in [2.05, 4.69) is 25.3 Å². The Bertz CT molecular complexity index is 1720. The zero-order valence-electron chi connectivity index (χ0n) is 26.9. The molecule has 4 rings (SSSR count). The number of ether oxygens (including phenoxy) is 1. The minimum absolute atomic E-state index is 0.105. The van der Waals surface area contributed by atoms with Crippen LogP contribution in [0.1, 0.15) is 16.1 Å². The number of hydrogen-bond acceptors (Lipinski definition) is 8. The molecule has 0 atom stereocenters. The first-order valence-electron chi connectivity index (χ1n) is 13.8. The summed E-state index contributed by atoms with van der Waals surface area (Å²) < 4.78 is 101. The molecular weight excluding hydrogens is 731 g/mol. The number of hydrogen-bond donors (Lipinski definition) is 5. The van der Waals surface area contributed by atoms with Crippen LogP contribution in [0.4, 0.5) is 39.5 Å². The maximum Gasteiger partial charge on any atom is 0.490 e. The van der Waals surface area contributed by atoms with E-state index in [1.54, 1.807) is 13.3 Å². The number of alkyl halides is 9. The SMILES string of the molecule is COc1cccc(CN(CCN(C)C)C(=O)c2n[nH]c3cc(-c4cn[nH]c4)ccc23)c1.O=C(O)C(F)(F)F.O=C(O)C(F)(F)F.O=C(O)C(F)(F)F. The van der Waals surface area contributed by atoms with Crippen LogP contribution in [0.5, 0.6) is 5.75 Å². The second kappa shape index (κ2) is 18.9. The molecule has 0 radical (unpaired) electrons. The summed E-state index contributed by atoms with van der Waals surface area (Å²) in [4.78, 5) is 44.1. The van der Waals surface area contributed by atoms with Crippen molar-refractivity contribution in [3.05, 3.63) is 66.1 Å². The molecule has 2 heterocycles. The van der Waals surface area contributed by atoms with Crippen molar-refractivity contribution in [3.63, 3.8) is 0 Å². The van der Waals surface area contributed by atoms with Crippen molar-refractivity contribution in [3.8, 4) is 16.9 Å². The number of aliphatic carboxylic acids is 3. The van der Waals surface area contributed by atoms with Crippen molar-refractivity contribution in [1.82, 2.24) is 30.2 Å². The maximum absolute atomic E-state index is 13.5. The Hall–Kier alpha value is -5.87. The summed E-state index contributed by atoms with van der Waals surface area (Å²) in [6.07, 6.45) is -11.7. The van der Waals surface area contributed by atoms with Crippen LogP contribution in [0.25, 0.3) is 22.0 Å². The highest BCUT2D eigenvalue weighted by atomic mass is 19.4. The lowest BCUT2D eigenvalue weighted by Gasteiger charge is -2.24. The third-order valence-electron chi connectivity index (χ3n) is 5.94. The molecular formula is C29H29F9N6O8. The van der Waals surface area contributed by atoms with E-state index in [0.717, 1.165) is 39.9 Å². The van der Waals surface area contributed by atoms with Crippen LogP contribution in [0.15, 0.2) is 54.9 Å². The van der Waals surface area contributed by atoms with Gasteiger partial charge in [0.1, 0.15) is 5.75 Å². The predicted octanol–water partition coefficient (Wildman–Crippen LogP) is 5.07. The first kappa shape index (κ1) is 44.2. The predicted molar refractivity (Wildman–Crippen MR) is 161 cm³/mol. The highest BCUT2D eigenvalue weighted by Crippen LogP contribution is 2.25. The number of benzene rings is 2. The Morgan fingerprint density at radius 2 is 1.33 bits per heavy atom. The number of likely N-dealkylation sites (N-methyl/N-ethyl adjacent to an activating group) is 1. The van der Waals surface area contributed by atoms with E-state index in [9.17, 15) is 44.3 Å². The van der Waals surface area contributed by atoms with E-state index >= 15 is 0 Å². The number of aromatic amines is 2. The molecule has 2 aromatic carbocycles. The number of nitrogens with zero attached hydrogens (tertiary/aromatic N) is 4. The summed E-state index contributed by atoms with van der Waals surface area (Å²) in [7, 11) is 5.63. The second-order valence-corrected chi connectivity index (χ2v) is 10.1. The van der Waals surface area contributed by atoms with E-state index in [-0.39, 0.29) is 5.91 Å². The molecule has 0 saturated carbocycles. The van der Waals surface area contributed by atoms with Crippen LogP contribution in [0.3, 0.4) is 0 Å². The second-order valence-electron chi connectivity index (χ2n) is 10.1. The van der Waals surface area contributed by atoms with Gasteiger partial charge in [-0.2, -0.15) is 49.7 Å². The maximum atomic E-state index is 13.5. The molecule has 23 heteroatoms. The van der Waals surface area contributed by atoms with Gasteiger partial charge in [-0.1, -0.05) is 18.2 Å². The molecule has 0 saturated heterocycles. The van der Waals surface area contributed by atoms with Gasteiger partial charge in [0.05, 0.1) is 18.8 Å². The molecule has 1 amide bonds. The first-order chi connectivity index (χ1) is 23.9. The molecule has 0 unspecified atom stereocenters. The highest BCUT2D eigenvalue weighted by molar-refractivity contribution is 6.05. The van der Waals surface area contributed by atoms with Gasteiger partial charge in [-0.15, -0.1) is 0 Å². The number of methoxy groups -OCH3 is 1. The molecule has 0 fully saturated rings. The summed E-state index contributed by atoms with van der Waals surface area (Å²) in [6, 6.07) is 13.7. The Kier molecular flexibility index (Phi) is 16.1. The van der Waals surface area contributed by atoms with Crippen molar-refractivity contribution < 1.29 is 78.7 Å². The number of carbonyl (C=O) groups is 4. The fourth-order valence-corrected chi connectivity index (χ4v) is 3.49. The Morgan fingerprint density at radius 1 is 0.788 bits per heavy atom. The van der Waals surface area contributed by atoms with E-state index in [1.807, 2.05) is 67.7 Å². The van der Waals surface area contributed by atoms with Crippen LogP contribution >= 0.6 is 0 Å². The zero-order valence-corrected chi connectivity index (χ0v) is 26.9. The van der Waals surface area contributed by atoms with Gasteiger partial charge in [0.15, 0.2) is 5.69 Å². The van der Waals surface area contributed by atoms with Gasteiger partial charge in [-0.3, -0.25) is 15.0 Å². The normalized spacial score (nSPS) is 11.2. The number of nitrogens with one attached hydrogen (secondary N) is 2. The van der Waals surface area contributed by atoms with Crippen LogP contribution in [-0.2, 0) is 20.9 Å². The highest BCUT2D eigenvalue weighted by Gasteiger charge is 2.39.